The van der Waals surface area contributed by atoms with Gasteiger partial charge in [-0.15, -0.1) is 0 Å². The van der Waals surface area contributed by atoms with Crippen LogP contribution in [0.25, 0.3) is 0 Å². The highest BCUT2D eigenvalue weighted by Crippen LogP contribution is 2.42. The van der Waals surface area contributed by atoms with Crippen molar-refractivity contribution in [3.05, 3.63) is 70.3 Å². The quantitative estimate of drug-likeness (QED) is 0.869. The zero-order valence-corrected chi connectivity index (χ0v) is 16.9. The van der Waals surface area contributed by atoms with Crippen molar-refractivity contribution in [2.45, 2.75) is 57.5 Å². The van der Waals surface area contributed by atoms with E-state index in [9.17, 15) is 9.59 Å². The fraction of sp³-hybridized carbons (Fsp3) is 0.417. The Morgan fingerprint density at radius 3 is 2.36 bits per heavy atom. The summed E-state index contributed by atoms with van der Waals surface area (Å²) < 4.78 is 0. The van der Waals surface area contributed by atoms with Gasteiger partial charge in [-0.25, -0.2) is 0 Å². The molecule has 0 saturated heterocycles. The van der Waals surface area contributed by atoms with Crippen LogP contribution in [0.3, 0.4) is 0 Å². The molecule has 0 bridgehead atoms. The molecule has 28 heavy (non-hydrogen) atoms. The van der Waals surface area contributed by atoms with Crippen LogP contribution < -0.4 is 5.32 Å². The van der Waals surface area contributed by atoms with Crippen LogP contribution in [0.1, 0.15) is 70.3 Å². The van der Waals surface area contributed by atoms with Crippen LogP contribution >= 0.6 is 0 Å². The first kappa shape index (κ1) is 18.7. The van der Waals surface area contributed by atoms with E-state index >= 15 is 0 Å². The first-order valence-corrected chi connectivity index (χ1v) is 10.2. The van der Waals surface area contributed by atoms with Crippen molar-refractivity contribution >= 4 is 11.8 Å². The van der Waals surface area contributed by atoms with E-state index in [1.54, 1.807) is 4.90 Å². The van der Waals surface area contributed by atoms with Crippen LogP contribution in [-0.2, 0) is 4.79 Å². The molecule has 4 nitrogen and oxygen atoms in total. The van der Waals surface area contributed by atoms with Crippen LogP contribution in [0.15, 0.2) is 42.5 Å². The lowest BCUT2D eigenvalue weighted by Gasteiger charge is -2.40. The number of likely N-dealkylation sites (N-methyl/N-ethyl adjacent to an activating group) is 1. The van der Waals surface area contributed by atoms with Crippen molar-refractivity contribution in [2.75, 3.05) is 7.05 Å². The molecule has 0 aromatic heterocycles. The summed E-state index contributed by atoms with van der Waals surface area (Å²) in [4.78, 5) is 28.3. The van der Waals surface area contributed by atoms with E-state index in [1.807, 2.05) is 31.3 Å². The number of nitrogens with zero attached hydrogens (tertiary/aromatic N) is 1. The Morgan fingerprint density at radius 2 is 1.68 bits per heavy atom. The van der Waals surface area contributed by atoms with Gasteiger partial charge in [0.05, 0.1) is 12.0 Å². The van der Waals surface area contributed by atoms with E-state index in [2.05, 4.69) is 37.4 Å². The molecular weight excluding hydrogens is 348 g/mol. The van der Waals surface area contributed by atoms with Crippen molar-refractivity contribution in [3.63, 3.8) is 0 Å². The molecule has 2 aromatic carbocycles. The molecule has 1 aliphatic carbocycles. The fourth-order valence-corrected chi connectivity index (χ4v) is 4.92. The van der Waals surface area contributed by atoms with Crippen LogP contribution in [-0.4, -0.2) is 29.8 Å². The Bertz CT molecular complexity index is 894. The number of carbonyl (C=O) groups is 2. The second kappa shape index (κ2) is 7.42. The minimum atomic E-state index is -0.402. The molecule has 0 radical (unpaired) electrons. The predicted octanol–water partition coefficient (Wildman–Crippen LogP) is 4.27. The Labute approximate surface area is 166 Å². The number of nitrogens with one attached hydrogen (secondary N) is 1. The number of amides is 2. The summed E-state index contributed by atoms with van der Waals surface area (Å²) in [5, 5.41) is 3.28. The number of aryl methyl sites for hydroxylation is 2. The SMILES string of the molecule is Cc1cc(C)cc(C2C(C(=O)NC3CCCC3)c3ccccc3C(=O)N2C)c1. The normalized spacial score (nSPS) is 22.2. The zero-order valence-electron chi connectivity index (χ0n) is 16.9. The van der Waals surface area contributed by atoms with Gasteiger partial charge in [-0.3, -0.25) is 9.59 Å². The number of fused-ring (bicyclic) bond motifs is 1. The smallest absolute Gasteiger partial charge is 0.254 e. The first-order valence-electron chi connectivity index (χ1n) is 10.2. The molecular formula is C24H28N2O2. The molecule has 2 aromatic rings. The minimum absolute atomic E-state index is 0.0234. The van der Waals surface area contributed by atoms with Crippen molar-refractivity contribution in [2.24, 2.45) is 0 Å². The highest BCUT2D eigenvalue weighted by molar-refractivity contribution is 6.01. The summed E-state index contributed by atoms with van der Waals surface area (Å²) >= 11 is 0. The number of rotatable bonds is 3. The average Bonchev–Trinajstić information content (AvgIpc) is 3.16. The van der Waals surface area contributed by atoms with Gasteiger partial charge < -0.3 is 10.2 Å². The molecule has 1 heterocycles. The molecule has 0 spiro atoms. The third-order valence-corrected chi connectivity index (χ3v) is 6.15. The van der Waals surface area contributed by atoms with Crippen LogP contribution in [0.5, 0.6) is 0 Å². The molecule has 1 aliphatic heterocycles. The van der Waals surface area contributed by atoms with Crippen molar-refractivity contribution in [3.8, 4) is 0 Å². The van der Waals surface area contributed by atoms with Gasteiger partial charge in [0.2, 0.25) is 5.91 Å². The molecule has 146 valence electrons. The topological polar surface area (TPSA) is 49.4 Å². The molecule has 2 amide bonds. The molecule has 1 saturated carbocycles. The number of hydrogen-bond acceptors (Lipinski definition) is 2. The number of benzene rings is 2. The van der Waals surface area contributed by atoms with E-state index in [0.717, 1.165) is 35.1 Å². The molecule has 1 N–H and O–H groups in total. The maximum absolute atomic E-state index is 13.5. The lowest BCUT2D eigenvalue weighted by molar-refractivity contribution is -0.124. The Morgan fingerprint density at radius 1 is 1.04 bits per heavy atom. The summed E-state index contributed by atoms with van der Waals surface area (Å²) in [5.74, 6) is -0.395. The summed E-state index contributed by atoms with van der Waals surface area (Å²) in [7, 11) is 1.82. The first-order chi connectivity index (χ1) is 13.5. The maximum Gasteiger partial charge on any atom is 0.254 e. The van der Waals surface area contributed by atoms with Gasteiger partial charge in [-0.05, 0) is 43.9 Å². The van der Waals surface area contributed by atoms with Gasteiger partial charge in [0.15, 0.2) is 0 Å². The average molecular weight is 377 g/mol. The second-order valence-corrected chi connectivity index (χ2v) is 8.34. The van der Waals surface area contributed by atoms with Gasteiger partial charge in [-0.2, -0.15) is 0 Å². The number of hydrogen-bond donors (Lipinski definition) is 1. The molecule has 2 unspecified atom stereocenters. The molecule has 2 aliphatic rings. The molecule has 4 rings (SSSR count). The molecule has 4 heteroatoms. The van der Waals surface area contributed by atoms with Gasteiger partial charge >= 0.3 is 0 Å². The van der Waals surface area contributed by atoms with Crippen LogP contribution in [0.2, 0.25) is 0 Å². The Hall–Kier alpha value is -2.62. The van der Waals surface area contributed by atoms with Gasteiger partial charge in [0, 0.05) is 18.7 Å². The monoisotopic (exact) mass is 376 g/mol. The standard InChI is InChI=1S/C24H28N2O2/c1-15-12-16(2)14-17(13-15)22-21(23(27)25-18-8-4-5-9-18)19-10-6-7-11-20(19)24(28)26(22)3/h6-7,10-14,18,21-22H,4-5,8-9H2,1-3H3,(H,25,27). The molecule has 1 fully saturated rings. The lowest BCUT2D eigenvalue weighted by Crippen LogP contribution is -2.47. The van der Waals surface area contributed by atoms with E-state index in [0.29, 0.717) is 5.56 Å². The van der Waals surface area contributed by atoms with E-state index in [1.165, 1.54) is 12.8 Å². The summed E-state index contributed by atoms with van der Waals surface area (Å²) in [6.45, 7) is 4.12. The second-order valence-electron chi connectivity index (χ2n) is 8.34. The van der Waals surface area contributed by atoms with Gasteiger partial charge in [-0.1, -0.05) is 60.4 Å². The summed E-state index contributed by atoms with van der Waals surface area (Å²) in [5.41, 5.74) is 4.78. The predicted molar refractivity (Wildman–Crippen MR) is 110 cm³/mol. The number of carbonyl (C=O) groups excluding carboxylic acids is 2. The summed E-state index contributed by atoms with van der Waals surface area (Å²) in [6, 6.07) is 13.8. The van der Waals surface area contributed by atoms with Crippen molar-refractivity contribution in [1.82, 2.24) is 10.2 Å². The van der Waals surface area contributed by atoms with Crippen molar-refractivity contribution in [1.29, 1.82) is 0 Å². The minimum Gasteiger partial charge on any atom is -0.353 e. The Kier molecular flexibility index (Phi) is 4.96. The van der Waals surface area contributed by atoms with Crippen molar-refractivity contribution < 1.29 is 9.59 Å². The zero-order chi connectivity index (χ0) is 19.8. The Balaban J connectivity index is 1.81. The van der Waals surface area contributed by atoms with Crippen LogP contribution in [0.4, 0.5) is 0 Å². The highest BCUT2D eigenvalue weighted by atomic mass is 16.2. The molecule has 2 atom stereocenters. The lowest BCUT2D eigenvalue weighted by atomic mass is 9.78. The van der Waals surface area contributed by atoms with E-state index in [4.69, 9.17) is 0 Å². The van der Waals surface area contributed by atoms with Gasteiger partial charge in [0.1, 0.15) is 0 Å². The third kappa shape index (κ3) is 3.32. The third-order valence-electron chi connectivity index (χ3n) is 6.15. The van der Waals surface area contributed by atoms with Crippen LogP contribution in [0, 0.1) is 13.8 Å². The largest absolute Gasteiger partial charge is 0.353 e. The van der Waals surface area contributed by atoms with E-state index in [-0.39, 0.29) is 23.9 Å². The highest BCUT2D eigenvalue weighted by Gasteiger charge is 2.43. The fourth-order valence-electron chi connectivity index (χ4n) is 4.92. The van der Waals surface area contributed by atoms with E-state index < -0.39 is 5.92 Å². The summed E-state index contributed by atoms with van der Waals surface area (Å²) in [6.07, 6.45) is 4.43. The van der Waals surface area contributed by atoms with Gasteiger partial charge in [0.25, 0.3) is 5.91 Å². The maximum atomic E-state index is 13.5.